The van der Waals surface area contributed by atoms with Gasteiger partial charge in [-0.3, -0.25) is 0 Å². The molecule has 0 saturated heterocycles. The van der Waals surface area contributed by atoms with Crippen LogP contribution in [0.25, 0.3) is 84.5 Å². The van der Waals surface area contributed by atoms with Gasteiger partial charge in [0.1, 0.15) is 11.2 Å². The number of furan rings is 1. The Morgan fingerprint density at radius 3 is 1.92 bits per heavy atom. The lowest BCUT2D eigenvalue weighted by molar-refractivity contribution is 0.669. The highest BCUT2D eigenvalue weighted by molar-refractivity contribution is 7.26. The van der Waals surface area contributed by atoms with Gasteiger partial charge >= 0.3 is 0 Å². The molecule has 3 heterocycles. The third-order valence-corrected chi connectivity index (χ3v) is 12.6. The summed E-state index contributed by atoms with van der Waals surface area (Å²) in [6, 6.07) is 63.7. The molecule has 0 aliphatic carbocycles. The zero-order chi connectivity index (χ0) is 34.2. The maximum atomic E-state index is 6.48. The van der Waals surface area contributed by atoms with Crippen LogP contribution >= 0.6 is 22.7 Å². The Labute approximate surface area is 308 Å². The fourth-order valence-corrected chi connectivity index (χ4v) is 10.3. The van der Waals surface area contributed by atoms with Crippen LogP contribution in [0, 0.1) is 0 Å². The van der Waals surface area contributed by atoms with Crippen molar-refractivity contribution in [2.24, 2.45) is 0 Å². The van der Waals surface area contributed by atoms with Gasteiger partial charge in [0.15, 0.2) is 0 Å². The first-order valence-corrected chi connectivity index (χ1v) is 19.1. The van der Waals surface area contributed by atoms with Gasteiger partial charge in [-0.05, 0) is 70.8 Å². The predicted molar refractivity (Wildman–Crippen MR) is 225 cm³/mol. The monoisotopic (exact) mass is 699 g/mol. The molecule has 0 amide bonds. The Morgan fingerprint density at radius 2 is 1.06 bits per heavy atom. The van der Waals surface area contributed by atoms with Crippen molar-refractivity contribution in [3.63, 3.8) is 0 Å². The van der Waals surface area contributed by atoms with Gasteiger partial charge in [0.25, 0.3) is 0 Å². The van der Waals surface area contributed by atoms with E-state index in [0.717, 1.165) is 39.0 Å². The van der Waals surface area contributed by atoms with Gasteiger partial charge in [-0.1, -0.05) is 127 Å². The quantitative estimate of drug-likeness (QED) is 0.178. The molecule has 0 atom stereocenters. The van der Waals surface area contributed by atoms with Gasteiger partial charge in [-0.2, -0.15) is 0 Å². The fourth-order valence-electron chi connectivity index (χ4n) is 7.91. The molecule has 0 unspecified atom stereocenters. The van der Waals surface area contributed by atoms with Crippen molar-refractivity contribution in [3.05, 3.63) is 176 Å². The van der Waals surface area contributed by atoms with Gasteiger partial charge in [0.05, 0.1) is 16.8 Å². The van der Waals surface area contributed by atoms with Crippen LogP contribution in [-0.2, 0) is 0 Å². The van der Waals surface area contributed by atoms with Crippen LogP contribution in [-0.4, -0.2) is 0 Å². The van der Waals surface area contributed by atoms with Crippen molar-refractivity contribution in [2.75, 3.05) is 4.90 Å². The van der Waals surface area contributed by atoms with E-state index in [-0.39, 0.29) is 0 Å². The van der Waals surface area contributed by atoms with Crippen molar-refractivity contribution >= 4 is 102 Å². The molecule has 4 heteroatoms. The standard InChI is InChI=1S/C48H29NOS2/c1-3-12-30(13-4-1)32-22-24-38-44(28-32)52-48-34(31-14-5-2-6-15-31)26-27-40(47(38)48)49(33-23-25-36-35-16-8-10-21-43(35)51-45(36)29-33)39-18-11-20-42-46(39)37-17-7-9-19-41(37)50-42/h1-29H. The molecule has 244 valence electrons. The molecule has 0 spiro atoms. The number of benzene rings is 8. The minimum Gasteiger partial charge on any atom is -0.456 e. The molecule has 0 saturated carbocycles. The highest BCUT2D eigenvalue weighted by Crippen LogP contribution is 2.51. The smallest absolute Gasteiger partial charge is 0.137 e. The highest BCUT2D eigenvalue weighted by Gasteiger charge is 2.25. The number of hydrogen-bond acceptors (Lipinski definition) is 4. The van der Waals surface area contributed by atoms with E-state index in [9.17, 15) is 0 Å². The predicted octanol–water partition coefficient (Wildman–Crippen LogP) is 15.1. The maximum Gasteiger partial charge on any atom is 0.137 e. The first-order chi connectivity index (χ1) is 25.8. The zero-order valence-electron chi connectivity index (χ0n) is 27.9. The summed E-state index contributed by atoms with van der Waals surface area (Å²) in [7, 11) is 0. The van der Waals surface area contributed by atoms with E-state index in [4.69, 9.17) is 4.42 Å². The maximum absolute atomic E-state index is 6.48. The minimum atomic E-state index is 0.881. The summed E-state index contributed by atoms with van der Waals surface area (Å²) >= 11 is 3.74. The van der Waals surface area contributed by atoms with Crippen LogP contribution in [0.15, 0.2) is 180 Å². The highest BCUT2D eigenvalue weighted by atomic mass is 32.1. The summed E-state index contributed by atoms with van der Waals surface area (Å²) in [5.41, 5.74) is 10.0. The largest absolute Gasteiger partial charge is 0.456 e. The average Bonchev–Trinajstić information content (AvgIpc) is 3.90. The second kappa shape index (κ2) is 11.7. The number of thiophene rings is 2. The molecule has 3 aromatic heterocycles. The van der Waals surface area contributed by atoms with Crippen LogP contribution in [0.1, 0.15) is 0 Å². The van der Waals surface area contributed by atoms with Gasteiger partial charge in [-0.25, -0.2) is 0 Å². The SMILES string of the molecule is c1ccc(-c2ccc3c(c2)sc2c(-c4ccccc4)ccc(N(c4ccc5c(c4)sc4ccccc45)c4cccc5oc6ccccc6c45)c23)cc1. The van der Waals surface area contributed by atoms with E-state index in [1.807, 2.05) is 28.7 Å². The molecule has 52 heavy (non-hydrogen) atoms. The third kappa shape index (κ3) is 4.55. The van der Waals surface area contributed by atoms with Crippen molar-refractivity contribution in [2.45, 2.75) is 0 Å². The van der Waals surface area contributed by atoms with E-state index < -0.39 is 0 Å². The van der Waals surface area contributed by atoms with Crippen molar-refractivity contribution in [1.82, 2.24) is 0 Å². The molecule has 8 aromatic carbocycles. The summed E-state index contributed by atoms with van der Waals surface area (Å²) in [6.45, 7) is 0. The van der Waals surface area contributed by atoms with E-state index in [1.54, 1.807) is 0 Å². The molecule has 0 fully saturated rings. The number of hydrogen-bond donors (Lipinski definition) is 0. The van der Waals surface area contributed by atoms with Gasteiger partial charge < -0.3 is 9.32 Å². The lowest BCUT2D eigenvalue weighted by Crippen LogP contribution is -2.10. The molecule has 0 radical (unpaired) electrons. The molecule has 11 aromatic rings. The van der Waals surface area contributed by atoms with E-state index in [2.05, 4.69) is 175 Å². The van der Waals surface area contributed by atoms with Crippen LogP contribution in [0.5, 0.6) is 0 Å². The first kappa shape index (κ1) is 29.5. The molecular formula is C48H29NOS2. The molecule has 11 rings (SSSR count). The molecule has 2 nitrogen and oxygen atoms in total. The Morgan fingerprint density at radius 1 is 0.385 bits per heavy atom. The molecule has 0 N–H and O–H groups in total. The fraction of sp³-hybridized carbons (Fsp3) is 0. The lowest BCUT2D eigenvalue weighted by atomic mass is 9.98. The average molecular weight is 700 g/mol. The molecule has 0 aliphatic heterocycles. The number of nitrogens with zero attached hydrogens (tertiary/aromatic N) is 1. The van der Waals surface area contributed by atoms with Crippen molar-refractivity contribution < 1.29 is 4.42 Å². The summed E-state index contributed by atoms with van der Waals surface area (Å²) in [5.74, 6) is 0. The van der Waals surface area contributed by atoms with E-state index >= 15 is 0 Å². The second-order valence-corrected chi connectivity index (χ2v) is 15.4. The third-order valence-electron chi connectivity index (χ3n) is 10.3. The summed E-state index contributed by atoms with van der Waals surface area (Å²) in [4.78, 5) is 2.47. The molecule has 0 bridgehead atoms. The van der Waals surface area contributed by atoms with E-state index in [0.29, 0.717) is 0 Å². The minimum absolute atomic E-state index is 0.881. The molecule has 0 aliphatic rings. The van der Waals surface area contributed by atoms with Crippen molar-refractivity contribution in [1.29, 1.82) is 0 Å². The zero-order valence-corrected chi connectivity index (χ0v) is 29.5. The lowest BCUT2D eigenvalue weighted by Gasteiger charge is -2.28. The Bertz CT molecular complexity index is 3130. The summed E-state index contributed by atoms with van der Waals surface area (Å²) < 4.78 is 11.6. The van der Waals surface area contributed by atoms with Gasteiger partial charge in [0.2, 0.25) is 0 Å². The van der Waals surface area contributed by atoms with Gasteiger partial charge in [-0.15, -0.1) is 22.7 Å². The first-order valence-electron chi connectivity index (χ1n) is 17.5. The summed E-state index contributed by atoms with van der Waals surface area (Å²) in [6.07, 6.45) is 0. The van der Waals surface area contributed by atoms with Crippen LogP contribution in [0.4, 0.5) is 17.1 Å². The second-order valence-electron chi connectivity index (χ2n) is 13.2. The number of anilines is 3. The van der Waals surface area contributed by atoms with Crippen molar-refractivity contribution in [3.8, 4) is 22.3 Å². The molecular weight excluding hydrogens is 671 g/mol. The van der Waals surface area contributed by atoms with Crippen LogP contribution < -0.4 is 4.90 Å². The number of fused-ring (bicyclic) bond motifs is 9. The van der Waals surface area contributed by atoms with Gasteiger partial charge in [0, 0.05) is 51.4 Å². The number of para-hydroxylation sites is 1. The normalized spacial score (nSPS) is 11.8. The topological polar surface area (TPSA) is 16.4 Å². The van der Waals surface area contributed by atoms with E-state index in [1.165, 1.54) is 62.6 Å². The van der Waals surface area contributed by atoms with Crippen LogP contribution in [0.2, 0.25) is 0 Å². The Balaban J connectivity index is 1.25. The van der Waals surface area contributed by atoms with Crippen LogP contribution in [0.3, 0.4) is 0 Å². The Hall–Kier alpha value is -6.20. The number of rotatable bonds is 5. The Kier molecular flexibility index (Phi) is 6.63. The summed E-state index contributed by atoms with van der Waals surface area (Å²) in [5, 5.41) is 7.32.